The minimum absolute atomic E-state index is 0.269. The minimum Gasteiger partial charge on any atom is -0.493 e. The van der Waals surface area contributed by atoms with Crippen molar-refractivity contribution in [1.29, 1.82) is 0 Å². The van der Waals surface area contributed by atoms with Gasteiger partial charge in [0, 0.05) is 41.6 Å². The van der Waals surface area contributed by atoms with Crippen LogP contribution in [0.25, 0.3) is 32.8 Å². The molecule has 6 rings (SSSR count). The van der Waals surface area contributed by atoms with Crippen molar-refractivity contribution in [2.45, 2.75) is 59.2 Å². The molecule has 0 aliphatic carbocycles. The molecule has 0 radical (unpaired) electrons. The van der Waals surface area contributed by atoms with Gasteiger partial charge in [-0.3, -0.25) is 4.68 Å². The van der Waals surface area contributed by atoms with E-state index in [-0.39, 0.29) is 5.97 Å². The number of ether oxygens (including phenoxy) is 3. The number of hydrogen-bond donors (Lipinski definition) is 0. The summed E-state index contributed by atoms with van der Waals surface area (Å²) in [4.78, 5) is 15.9. The standard InChI is InChI=1S/C37H44N4O4/c1-5-44-37(42)36-30(18-12-24-45-33-19-10-14-27-13-6-7-15-28(27)33)29-16-11-17-31-34-26(2)38-41(22-21-39(3)4)32(34)25-43-23-9-8-20-40(36)35(29)31/h6-7,10-11,13-17,19H,5,8-9,12,18,20-25H2,1-4H3. The quantitative estimate of drug-likeness (QED) is 0.125. The second-order valence-electron chi connectivity index (χ2n) is 12.0. The van der Waals surface area contributed by atoms with E-state index < -0.39 is 0 Å². The van der Waals surface area contributed by atoms with Gasteiger partial charge >= 0.3 is 5.97 Å². The first-order valence-electron chi connectivity index (χ1n) is 16.2. The van der Waals surface area contributed by atoms with Gasteiger partial charge in [-0.25, -0.2) is 4.79 Å². The van der Waals surface area contributed by atoms with Crippen LogP contribution in [-0.4, -0.2) is 65.7 Å². The fourth-order valence-electron chi connectivity index (χ4n) is 6.59. The van der Waals surface area contributed by atoms with E-state index in [0.717, 1.165) is 87.9 Å². The van der Waals surface area contributed by atoms with E-state index >= 15 is 0 Å². The van der Waals surface area contributed by atoms with Crippen molar-refractivity contribution in [3.63, 3.8) is 0 Å². The fraction of sp³-hybridized carbons (Fsp3) is 0.405. The normalized spacial score (nSPS) is 13.6. The van der Waals surface area contributed by atoms with Gasteiger partial charge in [0.15, 0.2) is 0 Å². The first-order valence-corrected chi connectivity index (χ1v) is 16.2. The summed E-state index contributed by atoms with van der Waals surface area (Å²) in [6.07, 6.45) is 3.26. The number of fused-ring (bicyclic) bond motifs is 3. The SMILES string of the molecule is CCOC(=O)c1c(CCCOc2cccc3ccccc23)c2cccc3c2n1CCCCOCc1c-3c(C)nn1CCN(C)C. The van der Waals surface area contributed by atoms with Gasteiger partial charge < -0.3 is 23.7 Å². The van der Waals surface area contributed by atoms with Crippen LogP contribution in [0, 0.1) is 6.92 Å². The second-order valence-corrected chi connectivity index (χ2v) is 12.0. The number of benzene rings is 3. The lowest BCUT2D eigenvalue weighted by Gasteiger charge is -2.14. The Morgan fingerprint density at radius 2 is 1.82 bits per heavy atom. The molecule has 0 saturated heterocycles. The van der Waals surface area contributed by atoms with Crippen molar-refractivity contribution in [3.05, 3.63) is 83.3 Å². The molecule has 8 nitrogen and oxygen atoms in total. The van der Waals surface area contributed by atoms with E-state index in [2.05, 4.69) is 71.6 Å². The minimum atomic E-state index is -0.269. The predicted octanol–water partition coefficient (Wildman–Crippen LogP) is 7.03. The molecule has 0 unspecified atom stereocenters. The van der Waals surface area contributed by atoms with Crippen LogP contribution in [0.5, 0.6) is 5.75 Å². The Hall–Kier alpha value is -4.14. The molecule has 45 heavy (non-hydrogen) atoms. The van der Waals surface area contributed by atoms with Crippen LogP contribution in [0.2, 0.25) is 0 Å². The molecule has 0 saturated carbocycles. The lowest BCUT2D eigenvalue weighted by Crippen LogP contribution is -2.20. The van der Waals surface area contributed by atoms with Crippen LogP contribution in [0.4, 0.5) is 0 Å². The lowest BCUT2D eigenvalue weighted by molar-refractivity contribution is 0.0512. The zero-order chi connectivity index (χ0) is 31.3. The van der Waals surface area contributed by atoms with Gasteiger partial charge in [0.25, 0.3) is 0 Å². The van der Waals surface area contributed by atoms with Gasteiger partial charge in [-0.2, -0.15) is 5.10 Å². The second kappa shape index (κ2) is 13.9. The van der Waals surface area contributed by atoms with Crippen LogP contribution in [0.15, 0.2) is 60.7 Å². The molecule has 0 N–H and O–H groups in total. The third-order valence-corrected chi connectivity index (χ3v) is 8.65. The third kappa shape index (κ3) is 6.35. The molecule has 3 heterocycles. The molecule has 0 atom stereocenters. The zero-order valence-electron chi connectivity index (χ0n) is 27.0. The topological polar surface area (TPSA) is 70.7 Å². The Kier molecular flexibility index (Phi) is 9.52. The maximum absolute atomic E-state index is 13.7. The Morgan fingerprint density at radius 3 is 2.67 bits per heavy atom. The number of nitrogens with zero attached hydrogens (tertiary/aromatic N) is 4. The Balaban J connectivity index is 1.42. The molecular formula is C37H44N4O4. The Morgan fingerprint density at radius 1 is 1.02 bits per heavy atom. The van der Waals surface area contributed by atoms with Gasteiger partial charge in [0.1, 0.15) is 11.4 Å². The maximum Gasteiger partial charge on any atom is 0.355 e. The van der Waals surface area contributed by atoms with Crippen LogP contribution < -0.4 is 4.74 Å². The molecule has 0 fully saturated rings. The molecule has 1 aliphatic heterocycles. The van der Waals surface area contributed by atoms with E-state index in [0.29, 0.717) is 45.1 Å². The number of carbonyl (C=O) groups is 1. The number of aromatic nitrogens is 3. The van der Waals surface area contributed by atoms with E-state index in [1.807, 2.05) is 31.2 Å². The fourth-order valence-corrected chi connectivity index (χ4v) is 6.59. The van der Waals surface area contributed by atoms with Crippen molar-refractivity contribution in [2.75, 3.05) is 40.5 Å². The lowest BCUT2D eigenvalue weighted by atomic mass is 9.98. The van der Waals surface area contributed by atoms with E-state index in [9.17, 15) is 4.79 Å². The van der Waals surface area contributed by atoms with Crippen molar-refractivity contribution in [1.82, 2.24) is 19.2 Å². The third-order valence-electron chi connectivity index (χ3n) is 8.65. The van der Waals surface area contributed by atoms with E-state index in [4.69, 9.17) is 19.3 Å². The van der Waals surface area contributed by atoms with Gasteiger partial charge in [0.2, 0.25) is 0 Å². The number of para-hydroxylation sites is 1. The zero-order valence-corrected chi connectivity index (χ0v) is 27.0. The molecular weight excluding hydrogens is 564 g/mol. The summed E-state index contributed by atoms with van der Waals surface area (Å²) in [5.41, 5.74) is 6.99. The van der Waals surface area contributed by atoms with Crippen molar-refractivity contribution in [2.24, 2.45) is 0 Å². The average molecular weight is 609 g/mol. The summed E-state index contributed by atoms with van der Waals surface area (Å²) < 4.78 is 22.5. The van der Waals surface area contributed by atoms with Crippen molar-refractivity contribution < 1.29 is 19.0 Å². The maximum atomic E-state index is 13.7. The number of likely N-dealkylation sites (N-methyl/N-ethyl adjacent to an activating group) is 1. The highest BCUT2D eigenvalue weighted by molar-refractivity contribution is 6.05. The number of aryl methyl sites for hydroxylation is 3. The largest absolute Gasteiger partial charge is 0.493 e. The highest BCUT2D eigenvalue weighted by Crippen LogP contribution is 2.39. The summed E-state index contributed by atoms with van der Waals surface area (Å²) in [6.45, 7) is 8.34. The Labute approximate surface area is 265 Å². The summed E-state index contributed by atoms with van der Waals surface area (Å²) in [6, 6.07) is 20.9. The van der Waals surface area contributed by atoms with Crippen molar-refractivity contribution >= 4 is 27.6 Å². The van der Waals surface area contributed by atoms with Crippen molar-refractivity contribution in [3.8, 4) is 16.9 Å². The molecule has 0 bridgehead atoms. The van der Waals surface area contributed by atoms with Crippen LogP contribution in [0.3, 0.4) is 0 Å². The molecule has 1 aliphatic rings. The molecule has 3 aromatic carbocycles. The highest BCUT2D eigenvalue weighted by Gasteiger charge is 2.28. The van der Waals surface area contributed by atoms with E-state index in [1.165, 1.54) is 0 Å². The molecule has 5 aromatic rings. The smallest absolute Gasteiger partial charge is 0.355 e. The first kappa shape index (κ1) is 30.9. The summed E-state index contributed by atoms with van der Waals surface area (Å²) in [5.74, 6) is 0.615. The number of rotatable bonds is 10. The van der Waals surface area contributed by atoms with E-state index in [1.54, 1.807) is 0 Å². The van der Waals surface area contributed by atoms with Gasteiger partial charge in [0.05, 0.1) is 43.3 Å². The highest BCUT2D eigenvalue weighted by atomic mass is 16.5. The van der Waals surface area contributed by atoms with Gasteiger partial charge in [-0.1, -0.05) is 54.6 Å². The summed E-state index contributed by atoms with van der Waals surface area (Å²) in [7, 11) is 4.16. The van der Waals surface area contributed by atoms with Gasteiger partial charge in [-0.05, 0) is 70.6 Å². The Bertz CT molecular complexity index is 1800. The molecule has 0 spiro atoms. The number of esters is 1. The van der Waals surface area contributed by atoms with Crippen LogP contribution >= 0.6 is 0 Å². The van der Waals surface area contributed by atoms with Crippen LogP contribution in [0.1, 0.15) is 53.6 Å². The average Bonchev–Trinajstić information content (AvgIpc) is 3.52. The number of carbonyl (C=O) groups excluding carboxylic acids is 1. The van der Waals surface area contributed by atoms with Crippen LogP contribution in [-0.2, 0) is 35.6 Å². The summed E-state index contributed by atoms with van der Waals surface area (Å²) in [5, 5.41) is 8.35. The molecule has 2 aromatic heterocycles. The summed E-state index contributed by atoms with van der Waals surface area (Å²) >= 11 is 0. The first-order chi connectivity index (χ1) is 22.0. The molecule has 236 valence electrons. The van der Waals surface area contributed by atoms with Gasteiger partial charge in [-0.15, -0.1) is 0 Å². The predicted molar refractivity (Wildman–Crippen MR) is 179 cm³/mol. The molecule has 0 amide bonds. The monoisotopic (exact) mass is 608 g/mol. The number of hydrogen-bond acceptors (Lipinski definition) is 6. The molecule has 8 heteroatoms.